The summed E-state index contributed by atoms with van der Waals surface area (Å²) in [7, 11) is 0. The maximum Gasteiger partial charge on any atom is 0.328 e. The van der Waals surface area contributed by atoms with Gasteiger partial charge in [-0.2, -0.15) is 0 Å². The van der Waals surface area contributed by atoms with E-state index in [0.717, 1.165) is 28.9 Å². The highest BCUT2D eigenvalue weighted by atomic mass is 16.5. The number of carbonyl (C=O) groups is 3. The Morgan fingerprint density at radius 1 is 1.07 bits per heavy atom. The summed E-state index contributed by atoms with van der Waals surface area (Å²) in [6, 6.07) is 9.37. The first kappa shape index (κ1) is 19.6. The summed E-state index contributed by atoms with van der Waals surface area (Å²) in [5.41, 5.74) is 2.82. The number of hydrogen-bond acceptors (Lipinski definition) is 5. The molecular formula is C19H17NO7. The highest BCUT2D eigenvalue weighted by Gasteiger charge is 2.20. The molecule has 3 N–H and O–H groups in total. The molecule has 1 unspecified atom stereocenters. The second kappa shape index (κ2) is 8.61. The van der Waals surface area contributed by atoms with Crippen LogP contribution in [0.1, 0.15) is 29.5 Å². The van der Waals surface area contributed by atoms with Gasteiger partial charge in [0.15, 0.2) is 0 Å². The molecule has 1 atom stereocenters. The van der Waals surface area contributed by atoms with Gasteiger partial charge in [0.05, 0.1) is 5.92 Å². The Labute approximate surface area is 154 Å². The molecule has 0 spiro atoms. The maximum atomic E-state index is 11.0. The van der Waals surface area contributed by atoms with Crippen molar-refractivity contribution < 1.29 is 34.4 Å². The van der Waals surface area contributed by atoms with Gasteiger partial charge in [0, 0.05) is 30.3 Å². The van der Waals surface area contributed by atoms with Gasteiger partial charge in [-0.3, -0.25) is 4.79 Å². The van der Waals surface area contributed by atoms with Crippen LogP contribution in [0.5, 0.6) is 11.6 Å². The molecule has 1 aliphatic rings. The van der Waals surface area contributed by atoms with E-state index < -0.39 is 23.8 Å². The average molecular weight is 371 g/mol. The van der Waals surface area contributed by atoms with Gasteiger partial charge in [0.25, 0.3) is 0 Å². The Morgan fingerprint density at radius 2 is 1.74 bits per heavy atom. The fourth-order valence-electron chi connectivity index (χ4n) is 2.35. The molecule has 0 aliphatic carbocycles. The Bertz CT molecular complexity index is 889. The van der Waals surface area contributed by atoms with Gasteiger partial charge in [0.2, 0.25) is 5.88 Å². The molecule has 3 rings (SSSR count). The van der Waals surface area contributed by atoms with Crippen LogP contribution < -0.4 is 4.74 Å². The largest absolute Gasteiger partial charge is 0.481 e. The molecule has 2 aromatic rings. The van der Waals surface area contributed by atoms with Crippen LogP contribution in [0.2, 0.25) is 0 Å². The summed E-state index contributed by atoms with van der Waals surface area (Å²) in [5, 5.41) is 24.7. The van der Waals surface area contributed by atoms with Crippen LogP contribution in [0.25, 0.3) is 0 Å². The van der Waals surface area contributed by atoms with Gasteiger partial charge in [-0.25, -0.2) is 14.6 Å². The van der Waals surface area contributed by atoms with Crippen LogP contribution in [-0.4, -0.2) is 38.2 Å². The van der Waals surface area contributed by atoms with E-state index in [2.05, 4.69) is 4.98 Å². The molecule has 2 heterocycles. The fraction of sp³-hybridized carbons (Fsp3) is 0.158. The molecule has 8 nitrogen and oxygen atoms in total. The predicted octanol–water partition coefficient (Wildman–Crippen LogP) is 2.68. The zero-order chi connectivity index (χ0) is 20.0. The van der Waals surface area contributed by atoms with E-state index in [4.69, 9.17) is 20.1 Å². The van der Waals surface area contributed by atoms with Crippen molar-refractivity contribution in [1.82, 2.24) is 4.98 Å². The van der Waals surface area contributed by atoms with E-state index in [9.17, 15) is 14.4 Å². The minimum Gasteiger partial charge on any atom is -0.481 e. The number of fused-ring (bicyclic) bond motifs is 2. The van der Waals surface area contributed by atoms with Crippen molar-refractivity contribution >= 4 is 17.9 Å². The Morgan fingerprint density at radius 3 is 2.33 bits per heavy atom. The predicted molar refractivity (Wildman–Crippen MR) is 94.0 cm³/mol. The van der Waals surface area contributed by atoms with Crippen molar-refractivity contribution in [3.05, 3.63) is 65.4 Å². The number of carboxylic acids is 3. The zero-order valence-electron chi connectivity index (χ0n) is 14.3. The highest BCUT2D eigenvalue weighted by Crippen LogP contribution is 2.36. The number of carboxylic acid groups (broad SMARTS) is 3. The van der Waals surface area contributed by atoms with Crippen molar-refractivity contribution in [2.24, 2.45) is 0 Å². The van der Waals surface area contributed by atoms with Gasteiger partial charge in [-0.15, -0.1) is 0 Å². The van der Waals surface area contributed by atoms with Crippen molar-refractivity contribution in [2.75, 3.05) is 0 Å². The molecule has 27 heavy (non-hydrogen) atoms. The number of aliphatic carboxylic acids is 3. The summed E-state index contributed by atoms with van der Waals surface area (Å²) in [4.78, 5) is 34.3. The summed E-state index contributed by atoms with van der Waals surface area (Å²) in [6.07, 6.45) is 3.54. The third-order valence-corrected chi connectivity index (χ3v) is 3.76. The highest BCUT2D eigenvalue weighted by molar-refractivity contribution is 5.89. The van der Waals surface area contributed by atoms with Gasteiger partial charge in [-0.05, 0) is 30.2 Å². The zero-order valence-corrected chi connectivity index (χ0v) is 14.3. The molecule has 0 saturated carbocycles. The van der Waals surface area contributed by atoms with E-state index in [-0.39, 0.29) is 0 Å². The molecule has 0 fully saturated rings. The van der Waals surface area contributed by atoms with Crippen LogP contribution in [-0.2, 0) is 20.8 Å². The van der Waals surface area contributed by atoms with Crippen molar-refractivity contribution in [2.45, 2.75) is 19.3 Å². The molecule has 1 aliphatic heterocycles. The fourth-order valence-corrected chi connectivity index (χ4v) is 2.35. The Kier molecular flexibility index (Phi) is 6.27. The molecule has 0 amide bonds. The first-order valence-corrected chi connectivity index (χ1v) is 7.89. The molecule has 8 heteroatoms. The lowest BCUT2D eigenvalue weighted by Gasteiger charge is -2.20. The lowest BCUT2D eigenvalue weighted by molar-refractivity contribution is -0.138. The van der Waals surface area contributed by atoms with Gasteiger partial charge >= 0.3 is 17.9 Å². The molecular weight excluding hydrogens is 354 g/mol. The van der Waals surface area contributed by atoms with Crippen LogP contribution in [0.4, 0.5) is 0 Å². The summed E-state index contributed by atoms with van der Waals surface area (Å²) >= 11 is 0. The number of benzene rings is 1. The van der Waals surface area contributed by atoms with Crippen molar-refractivity contribution in [3.8, 4) is 11.6 Å². The lowest BCUT2D eigenvalue weighted by Crippen LogP contribution is -2.10. The van der Waals surface area contributed by atoms with Crippen LogP contribution in [0, 0.1) is 0 Å². The number of rotatable bonds is 4. The Hall–Kier alpha value is -3.68. The molecule has 140 valence electrons. The number of hydrogen-bond donors (Lipinski definition) is 3. The minimum absolute atomic E-state index is 0.513. The number of ether oxygens (including phenoxy) is 1. The summed E-state index contributed by atoms with van der Waals surface area (Å²) < 4.78 is 5.71. The monoisotopic (exact) mass is 371 g/mol. The van der Waals surface area contributed by atoms with Crippen LogP contribution in [0.3, 0.4) is 0 Å². The van der Waals surface area contributed by atoms with Crippen LogP contribution in [0.15, 0.2) is 48.7 Å². The average Bonchev–Trinajstić information content (AvgIpc) is 2.64. The molecule has 1 aromatic carbocycles. The SMILES string of the molecule is CC(C(=O)O)c1ccc2c(c1)Cc1cccnc1O2.O=C(O)/C=C/C(=O)O. The number of nitrogens with zero attached hydrogens (tertiary/aromatic N) is 1. The van der Waals surface area contributed by atoms with E-state index >= 15 is 0 Å². The second-order valence-corrected chi connectivity index (χ2v) is 5.68. The van der Waals surface area contributed by atoms with Crippen molar-refractivity contribution in [3.63, 3.8) is 0 Å². The van der Waals surface area contributed by atoms with Crippen LogP contribution >= 0.6 is 0 Å². The summed E-state index contributed by atoms with van der Waals surface area (Å²) in [6.45, 7) is 1.68. The third-order valence-electron chi connectivity index (χ3n) is 3.76. The summed E-state index contributed by atoms with van der Waals surface area (Å²) in [5.74, 6) is -2.46. The Balaban J connectivity index is 0.000000279. The van der Waals surface area contributed by atoms with Crippen molar-refractivity contribution in [1.29, 1.82) is 0 Å². The molecule has 0 radical (unpaired) electrons. The standard InChI is InChI=1S/C15H13NO3.C4H4O4/c1-9(15(17)18)10-4-5-13-12(7-10)8-11-3-2-6-16-14(11)19-13;5-3(6)1-2-4(7)8/h2-7,9H,8H2,1H3,(H,17,18);1-2H,(H,5,6)(H,7,8)/b;2-1+. The smallest absolute Gasteiger partial charge is 0.328 e. The topological polar surface area (TPSA) is 134 Å². The van der Waals surface area contributed by atoms with E-state index in [1.54, 1.807) is 19.2 Å². The third kappa shape index (κ3) is 5.40. The van der Waals surface area contributed by atoms with E-state index in [1.807, 2.05) is 24.3 Å². The molecule has 1 aromatic heterocycles. The normalized spacial score (nSPS) is 12.6. The molecule has 0 bridgehead atoms. The quantitative estimate of drug-likeness (QED) is 0.596. The van der Waals surface area contributed by atoms with E-state index in [0.29, 0.717) is 18.0 Å². The van der Waals surface area contributed by atoms with Gasteiger partial charge in [-0.1, -0.05) is 18.2 Å². The number of aromatic nitrogens is 1. The lowest BCUT2D eigenvalue weighted by atomic mass is 9.95. The minimum atomic E-state index is -1.26. The number of pyridine rings is 1. The second-order valence-electron chi connectivity index (χ2n) is 5.68. The molecule has 0 saturated heterocycles. The van der Waals surface area contributed by atoms with E-state index in [1.165, 1.54) is 0 Å². The van der Waals surface area contributed by atoms with Gasteiger partial charge < -0.3 is 20.1 Å². The first-order valence-electron chi connectivity index (χ1n) is 7.89. The van der Waals surface area contributed by atoms with Gasteiger partial charge in [0.1, 0.15) is 5.75 Å². The maximum absolute atomic E-state index is 11.0. The first-order chi connectivity index (χ1) is 12.8.